The van der Waals surface area contributed by atoms with Gasteiger partial charge in [-0.05, 0) is 79.7 Å². The Bertz CT molecular complexity index is 1410. The van der Waals surface area contributed by atoms with Crippen molar-refractivity contribution < 1.29 is 9.47 Å². The number of thiocarbonyl (C=S) groups is 1. The molecule has 0 saturated carbocycles. The van der Waals surface area contributed by atoms with Gasteiger partial charge in [0.1, 0.15) is 12.4 Å². The van der Waals surface area contributed by atoms with E-state index in [-0.39, 0.29) is 12.1 Å². The maximum absolute atomic E-state index is 6.65. The van der Waals surface area contributed by atoms with Crippen molar-refractivity contribution in [2.75, 3.05) is 25.2 Å². The Morgan fingerprint density at radius 2 is 1.92 bits per heavy atom. The van der Waals surface area contributed by atoms with Gasteiger partial charge in [0.2, 0.25) is 0 Å². The zero-order chi connectivity index (χ0) is 26.6. The fraction of sp³-hybridized carbons (Fsp3) is 0.276. The van der Waals surface area contributed by atoms with Gasteiger partial charge in [-0.1, -0.05) is 23.7 Å². The smallest absolute Gasteiger partial charge is 0.174 e. The van der Waals surface area contributed by atoms with Crippen LogP contribution in [-0.2, 0) is 11.3 Å². The number of halogens is 1. The molecule has 0 aliphatic carbocycles. The fourth-order valence-electron chi connectivity index (χ4n) is 4.99. The number of ether oxygens (including phenoxy) is 2. The van der Waals surface area contributed by atoms with E-state index in [0.29, 0.717) is 29.1 Å². The number of aryl methyl sites for hydroxylation is 1. The van der Waals surface area contributed by atoms with E-state index in [1.165, 1.54) is 17.0 Å². The third kappa shape index (κ3) is 5.25. The molecular weight excluding hydrogens is 518 g/mol. The molecule has 3 aromatic heterocycles. The van der Waals surface area contributed by atoms with Gasteiger partial charge >= 0.3 is 0 Å². The van der Waals surface area contributed by atoms with Crippen molar-refractivity contribution >= 4 is 34.6 Å². The molecule has 2 atom stereocenters. The number of nitrogens with one attached hydrogen (secondary N) is 1. The Labute approximate surface area is 233 Å². The first-order valence-electron chi connectivity index (χ1n) is 12.5. The van der Waals surface area contributed by atoms with Gasteiger partial charge in [0.05, 0.1) is 29.4 Å². The predicted molar refractivity (Wildman–Crippen MR) is 154 cm³/mol. The van der Waals surface area contributed by atoms with Crippen LogP contribution in [0.4, 0.5) is 5.69 Å². The van der Waals surface area contributed by atoms with E-state index in [2.05, 4.69) is 50.7 Å². The van der Waals surface area contributed by atoms with Gasteiger partial charge in [0.25, 0.3) is 0 Å². The number of rotatable bonds is 9. The van der Waals surface area contributed by atoms with E-state index in [0.717, 1.165) is 23.5 Å². The van der Waals surface area contributed by atoms with Crippen LogP contribution in [0, 0.1) is 13.8 Å². The quantitative estimate of drug-likeness (QED) is 0.210. The number of aromatic nitrogens is 3. The molecule has 1 aliphatic heterocycles. The minimum atomic E-state index is -0.146. The first-order chi connectivity index (χ1) is 18.5. The van der Waals surface area contributed by atoms with Gasteiger partial charge in [-0.25, -0.2) is 0 Å². The van der Waals surface area contributed by atoms with E-state index in [9.17, 15) is 0 Å². The van der Waals surface area contributed by atoms with Gasteiger partial charge in [-0.2, -0.15) is 0 Å². The number of anilines is 1. The molecule has 38 heavy (non-hydrogen) atoms. The third-order valence-electron chi connectivity index (χ3n) is 6.83. The molecule has 1 N–H and O–H groups in total. The SMILES string of the molecule is COCCOc1ccc(N2C(=S)NC(c3ccccn3)C2c2cc(C)n(Cc3cccnc3)c2C)cc1Cl. The summed E-state index contributed by atoms with van der Waals surface area (Å²) in [5.41, 5.74) is 6.45. The van der Waals surface area contributed by atoms with E-state index < -0.39 is 0 Å². The van der Waals surface area contributed by atoms with E-state index in [1.54, 1.807) is 13.3 Å². The number of methoxy groups -OCH3 is 1. The van der Waals surface area contributed by atoms with Crippen LogP contribution in [0.25, 0.3) is 0 Å². The maximum atomic E-state index is 6.65. The molecule has 0 spiro atoms. The third-order valence-corrected chi connectivity index (χ3v) is 7.44. The summed E-state index contributed by atoms with van der Waals surface area (Å²) in [6.45, 7) is 5.95. The van der Waals surface area contributed by atoms with E-state index >= 15 is 0 Å². The van der Waals surface area contributed by atoms with Crippen LogP contribution in [0.15, 0.2) is 73.2 Å². The van der Waals surface area contributed by atoms with Crippen molar-refractivity contribution in [1.82, 2.24) is 19.9 Å². The second-order valence-corrected chi connectivity index (χ2v) is 10.0. The Balaban J connectivity index is 1.56. The van der Waals surface area contributed by atoms with E-state index in [1.807, 2.05) is 54.9 Å². The van der Waals surface area contributed by atoms with Crippen molar-refractivity contribution in [3.8, 4) is 5.75 Å². The monoisotopic (exact) mass is 547 g/mol. The van der Waals surface area contributed by atoms with Crippen molar-refractivity contribution in [2.45, 2.75) is 32.5 Å². The second-order valence-electron chi connectivity index (χ2n) is 9.23. The van der Waals surface area contributed by atoms with Crippen molar-refractivity contribution in [2.24, 2.45) is 0 Å². The number of pyridine rings is 2. The Morgan fingerprint density at radius 1 is 1.05 bits per heavy atom. The average Bonchev–Trinajstić information content (AvgIpc) is 3.41. The Hall–Kier alpha value is -3.46. The molecule has 7 nitrogen and oxygen atoms in total. The Morgan fingerprint density at radius 3 is 2.63 bits per heavy atom. The summed E-state index contributed by atoms with van der Waals surface area (Å²) in [5.74, 6) is 0.609. The molecule has 0 bridgehead atoms. The molecule has 1 fully saturated rings. The lowest BCUT2D eigenvalue weighted by molar-refractivity contribution is 0.146. The summed E-state index contributed by atoms with van der Waals surface area (Å²) in [5, 5.41) is 4.67. The molecule has 1 aromatic carbocycles. The average molecular weight is 548 g/mol. The predicted octanol–water partition coefficient (Wildman–Crippen LogP) is 5.80. The largest absolute Gasteiger partial charge is 0.490 e. The van der Waals surface area contributed by atoms with Crippen LogP contribution >= 0.6 is 23.8 Å². The Kier molecular flexibility index (Phi) is 7.93. The van der Waals surface area contributed by atoms with Gasteiger partial charge in [0, 0.05) is 49.3 Å². The summed E-state index contributed by atoms with van der Waals surface area (Å²) in [7, 11) is 1.64. The highest BCUT2D eigenvalue weighted by atomic mass is 35.5. The molecule has 9 heteroatoms. The molecular formula is C29H30ClN5O2S. The minimum Gasteiger partial charge on any atom is -0.490 e. The molecule has 1 saturated heterocycles. The van der Waals surface area contributed by atoms with Crippen LogP contribution in [-0.4, -0.2) is 40.0 Å². The zero-order valence-electron chi connectivity index (χ0n) is 21.6. The number of benzene rings is 1. The van der Waals surface area contributed by atoms with Crippen LogP contribution in [0.3, 0.4) is 0 Å². The highest BCUT2D eigenvalue weighted by molar-refractivity contribution is 7.80. The van der Waals surface area contributed by atoms with Crippen molar-refractivity contribution in [1.29, 1.82) is 0 Å². The standard InChI is InChI=1S/C29H30ClN5O2S/c1-19-15-23(20(2)34(19)18-21-7-6-11-31-17-21)28-27(25-8-4-5-12-32-25)33-29(38)35(28)22-9-10-26(24(30)16-22)37-14-13-36-3/h4-12,15-17,27-28H,13-14,18H2,1-3H3,(H,33,38). The molecule has 196 valence electrons. The van der Waals surface area contributed by atoms with Gasteiger partial charge in [-0.15, -0.1) is 0 Å². The highest BCUT2D eigenvalue weighted by Gasteiger charge is 2.42. The van der Waals surface area contributed by atoms with Crippen molar-refractivity contribution in [3.63, 3.8) is 0 Å². The molecule has 2 unspecified atom stereocenters. The van der Waals surface area contributed by atoms with Crippen LogP contribution in [0.5, 0.6) is 5.75 Å². The lowest BCUT2D eigenvalue weighted by Gasteiger charge is -2.28. The lowest BCUT2D eigenvalue weighted by Crippen LogP contribution is -2.29. The highest BCUT2D eigenvalue weighted by Crippen LogP contribution is 2.44. The van der Waals surface area contributed by atoms with Crippen LogP contribution in [0.2, 0.25) is 5.02 Å². The maximum Gasteiger partial charge on any atom is 0.174 e. The molecule has 0 radical (unpaired) electrons. The normalized spacial score (nSPS) is 17.1. The van der Waals surface area contributed by atoms with Gasteiger partial charge in [-0.3, -0.25) is 9.97 Å². The minimum absolute atomic E-state index is 0.137. The second kappa shape index (κ2) is 11.5. The fourth-order valence-corrected chi connectivity index (χ4v) is 5.56. The molecule has 1 aliphatic rings. The molecule has 0 amide bonds. The molecule has 5 rings (SSSR count). The topological polar surface area (TPSA) is 64.4 Å². The summed E-state index contributed by atoms with van der Waals surface area (Å²) in [6, 6.07) is 17.8. The first-order valence-corrected chi connectivity index (χ1v) is 13.2. The van der Waals surface area contributed by atoms with Gasteiger partial charge in [0.15, 0.2) is 5.11 Å². The molecule has 4 aromatic rings. The summed E-state index contributed by atoms with van der Waals surface area (Å²) in [4.78, 5) is 11.1. The van der Waals surface area contributed by atoms with Gasteiger partial charge < -0.3 is 24.3 Å². The summed E-state index contributed by atoms with van der Waals surface area (Å²) < 4.78 is 13.2. The first kappa shape index (κ1) is 26.2. The van der Waals surface area contributed by atoms with Crippen LogP contribution in [0.1, 0.15) is 40.3 Å². The zero-order valence-corrected chi connectivity index (χ0v) is 23.2. The van der Waals surface area contributed by atoms with Crippen LogP contribution < -0.4 is 15.0 Å². The summed E-state index contributed by atoms with van der Waals surface area (Å²) in [6.07, 6.45) is 5.52. The number of hydrogen-bond donors (Lipinski definition) is 1. The number of nitrogens with zero attached hydrogens (tertiary/aromatic N) is 4. The van der Waals surface area contributed by atoms with Crippen molar-refractivity contribution in [3.05, 3.63) is 106 Å². The van der Waals surface area contributed by atoms with E-state index in [4.69, 9.17) is 33.3 Å². The summed E-state index contributed by atoms with van der Waals surface area (Å²) >= 11 is 12.6. The molecule has 4 heterocycles. The lowest BCUT2D eigenvalue weighted by atomic mass is 9.96. The number of hydrogen-bond acceptors (Lipinski definition) is 5.